The third kappa shape index (κ3) is 4.54. The molecule has 2 rings (SSSR count). The van der Waals surface area contributed by atoms with Crippen molar-refractivity contribution in [3.63, 3.8) is 0 Å². The monoisotopic (exact) mass is 321 g/mol. The number of anilines is 2. The minimum atomic E-state index is 0.227. The SMILES string of the molecule is Cc1cnc(N2CCN(CC(C)C)C(CCO)C2)nc1N(C)C. The van der Waals surface area contributed by atoms with E-state index in [0.717, 1.165) is 49.9 Å². The van der Waals surface area contributed by atoms with Crippen molar-refractivity contribution in [3.05, 3.63) is 11.8 Å². The van der Waals surface area contributed by atoms with Crippen LogP contribution < -0.4 is 9.80 Å². The van der Waals surface area contributed by atoms with Crippen LogP contribution in [-0.4, -0.2) is 72.9 Å². The smallest absolute Gasteiger partial charge is 0.227 e. The summed E-state index contributed by atoms with van der Waals surface area (Å²) in [7, 11) is 4.02. The first-order valence-electron chi connectivity index (χ1n) is 8.53. The first kappa shape index (κ1) is 17.9. The van der Waals surface area contributed by atoms with Crippen LogP contribution in [0.2, 0.25) is 0 Å². The summed E-state index contributed by atoms with van der Waals surface area (Å²) in [4.78, 5) is 16.0. The molecule has 0 aliphatic carbocycles. The number of aromatic nitrogens is 2. The summed E-state index contributed by atoms with van der Waals surface area (Å²) in [5.41, 5.74) is 1.09. The lowest BCUT2D eigenvalue weighted by molar-refractivity contribution is 0.128. The van der Waals surface area contributed by atoms with Crippen molar-refractivity contribution < 1.29 is 5.11 Å². The van der Waals surface area contributed by atoms with Crippen LogP contribution in [0.25, 0.3) is 0 Å². The second-order valence-corrected chi connectivity index (χ2v) is 7.07. The predicted molar refractivity (Wildman–Crippen MR) is 95.2 cm³/mol. The number of aliphatic hydroxyl groups excluding tert-OH is 1. The summed E-state index contributed by atoms with van der Waals surface area (Å²) in [5.74, 6) is 2.41. The number of rotatable bonds is 6. The molecule has 130 valence electrons. The van der Waals surface area contributed by atoms with Gasteiger partial charge in [0, 0.05) is 64.7 Å². The number of nitrogens with zero attached hydrogens (tertiary/aromatic N) is 5. The molecule has 0 spiro atoms. The lowest BCUT2D eigenvalue weighted by atomic mass is 10.1. The molecule has 1 aromatic rings. The van der Waals surface area contributed by atoms with Crippen molar-refractivity contribution >= 4 is 11.8 Å². The van der Waals surface area contributed by atoms with Gasteiger partial charge in [-0.1, -0.05) is 13.8 Å². The standard InChI is InChI=1S/C17H31N5O/c1-13(2)11-21-7-8-22(12-15(21)6-9-23)17-18-10-14(3)16(19-17)20(4)5/h10,13,15,23H,6-9,11-12H2,1-5H3. The third-order valence-corrected chi connectivity index (χ3v) is 4.31. The quantitative estimate of drug-likeness (QED) is 0.854. The largest absolute Gasteiger partial charge is 0.396 e. The Hall–Kier alpha value is -1.40. The molecule has 1 aliphatic heterocycles. The van der Waals surface area contributed by atoms with E-state index in [1.807, 2.05) is 32.1 Å². The normalized spacial score (nSPS) is 19.4. The van der Waals surface area contributed by atoms with E-state index >= 15 is 0 Å². The van der Waals surface area contributed by atoms with E-state index < -0.39 is 0 Å². The highest BCUT2D eigenvalue weighted by molar-refractivity contribution is 5.48. The molecule has 1 aromatic heterocycles. The van der Waals surface area contributed by atoms with Gasteiger partial charge in [0.15, 0.2) is 0 Å². The van der Waals surface area contributed by atoms with Gasteiger partial charge in [-0.25, -0.2) is 4.98 Å². The van der Waals surface area contributed by atoms with Crippen molar-refractivity contribution in [2.45, 2.75) is 33.2 Å². The lowest BCUT2D eigenvalue weighted by Gasteiger charge is -2.42. The number of piperazine rings is 1. The summed E-state index contributed by atoms with van der Waals surface area (Å²) in [6.07, 6.45) is 2.70. The van der Waals surface area contributed by atoms with Gasteiger partial charge in [0.2, 0.25) is 5.95 Å². The van der Waals surface area contributed by atoms with Crippen LogP contribution >= 0.6 is 0 Å². The van der Waals surface area contributed by atoms with Crippen LogP contribution in [-0.2, 0) is 0 Å². The highest BCUT2D eigenvalue weighted by atomic mass is 16.3. The van der Waals surface area contributed by atoms with E-state index in [2.05, 4.69) is 28.6 Å². The van der Waals surface area contributed by atoms with Crippen molar-refractivity contribution in [1.82, 2.24) is 14.9 Å². The molecular formula is C17H31N5O. The van der Waals surface area contributed by atoms with Crippen molar-refractivity contribution in [3.8, 4) is 0 Å². The highest BCUT2D eigenvalue weighted by Crippen LogP contribution is 2.22. The predicted octanol–water partition coefficient (Wildman–Crippen LogP) is 1.38. The Morgan fingerprint density at radius 1 is 1.35 bits per heavy atom. The molecule has 2 heterocycles. The average Bonchev–Trinajstić information content (AvgIpc) is 2.49. The lowest BCUT2D eigenvalue weighted by Crippen LogP contribution is -2.54. The number of aryl methyl sites for hydroxylation is 1. The van der Waals surface area contributed by atoms with E-state index in [-0.39, 0.29) is 6.61 Å². The van der Waals surface area contributed by atoms with Gasteiger partial charge in [-0.2, -0.15) is 4.98 Å². The molecule has 1 atom stereocenters. The topological polar surface area (TPSA) is 55.7 Å². The van der Waals surface area contributed by atoms with Gasteiger partial charge in [0.05, 0.1) is 0 Å². The van der Waals surface area contributed by atoms with Gasteiger partial charge in [0.25, 0.3) is 0 Å². The Labute approximate surface area is 140 Å². The van der Waals surface area contributed by atoms with Gasteiger partial charge in [-0.3, -0.25) is 4.90 Å². The second kappa shape index (κ2) is 7.93. The van der Waals surface area contributed by atoms with Gasteiger partial charge in [-0.05, 0) is 19.3 Å². The molecule has 0 aromatic carbocycles. The Kier molecular flexibility index (Phi) is 6.18. The van der Waals surface area contributed by atoms with Crippen LogP contribution in [0.5, 0.6) is 0 Å². The molecule has 0 amide bonds. The maximum absolute atomic E-state index is 9.40. The van der Waals surface area contributed by atoms with Gasteiger partial charge < -0.3 is 14.9 Å². The summed E-state index contributed by atoms with van der Waals surface area (Å²) >= 11 is 0. The van der Waals surface area contributed by atoms with Crippen LogP contribution in [0.1, 0.15) is 25.8 Å². The fourth-order valence-corrected chi connectivity index (χ4v) is 3.24. The maximum atomic E-state index is 9.40. The van der Waals surface area contributed by atoms with Crippen molar-refractivity contribution in [2.24, 2.45) is 5.92 Å². The molecule has 0 bridgehead atoms. The Morgan fingerprint density at radius 3 is 2.70 bits per heavy atom. The minimum absolute atomic E-state index is 0.227. The molecule has 6 nitrogen and oxygen atoms in total. The van der Waals surface area contributed by atoms with E-state index in [9.17, 15) is 5.11 Å². The first-order valence-corrected chi connectivity index (χ1v) is 8.53. The fourth-order valence-electron chi connectivity index (χ4n) is 3.24. The van der Waals surface area contributed by atoms with E-state index in [0.29, 0.717) is 12.0 Å². The molecule has 0 radical (unpaired) electrons. The molecular weight excluding hydrogens is 290 g/mol. The Balaban J connectivity index is 2.14. The highest BCUT2D eigenvalue weighted by Gasteiger charge is 2.28. The minimum Gasteiger partial charge on any atom is -0.396 e. The Morgan fingerprint density at radius 2 is 2.09 bits per heavy atom. The van der Waals surface area contributed by atoms with Crippen LogP contribution in [0.3, 0.4) is 0 Å². The second-order valence-electron chi connectivity index (χ2n) is 7.07. The summed E-state index contributed by atoms with van der Waals surface area (Å²) in [6.45, 7) is 10.6. The molecule has 0 saturated carbocycles. The Bertz CT molecular complexity index is 506. The zero-order valence-electron chi connectivity index (χ0n) is 15.2. The van der Waals surface area contributed by atoms with E-state index in [4.69, 9.17) is 4.98 Å². The molecule has 1 saturated heterocycles. The maximum Gasteiger partial charge on any atom is 0.227 e. The summed E-state index contributed by atoms with van der Waals surface area (Å²) in [5, 5.41) is 9.40. The van der Waals surface area contributed by atoms with Crippen LogP contribution in [0, 0.1) is 12.8 Å². The summed E-state index contributed by atoms with van der Waals surface area (Å²) < 4.78 is 0. The molecule has 1 unspecified atom stereocenters. The zero-order chi connectivity index (χ0) is 17.0. The number of hydrogen-bond acceptors (Lipinski definition) is 6. The zero-order valence-corrected chi connectivity index (χ0v) is 15.2. The van der Waals surface area contributed by atoms with Crippen molar-refractivity contribution in [1.29, 1.82) is 0 Å². The average molecular weight is 321 g/mol. The van der Waals surface area contributed by atoms with Crippen LogP contribution in [0.4, 0.5) is 11.8 Å². The number of hydrogen-bond donors (Lipinski definition) is 1. The van der Waals surface area contributed by atoms with Crippen molar-refractivity contribution in [2.75, 3.05) is 56.7 Å². The molecule has 1 N–H and O–H groups in total. The molecule has 23 heavy (non-hydrogen) atoms. The van der Waals surface area contributed by atoms with Gasteiger partial charge in [0.1, 0.15) is 5.82 Å². The van der Waals surface area contributed by atoms with E-state index in [1.165, 1.54) is 0 Å². The molecule has 6 heteroatoms. The van der Waals surface area contributed by atoms with Crippen LogP contribution in [0.15, 0.2) is 6.20 Å². The first-order chi connectivity index (χ1) is 10.9. The third-order valence-electron chi connectivity index (χ3n) is 4.31. The molecule has 1 aliphatic rings. The fraction of sp³-hybridized carbons (Fsp3) is 0.765. The summed E-state index contributed by atoms with van der Waals surface area (Å²) in [6, 6.07) is 0.365. The number of aliphatic hydroxyl groups is 1. The van der Waals surface area contributed by atoms with E-state index in [1.54, 1.807) is 0 Å². The van der Waals surface area contributed by atoms with Gasteiger partial charge in [-0.15, -0.1) is 0 Å². The molecule has 1 fully saturated rings. The van der Waals surface area contributed by atoms with Gasteiger partial charge >= 0.3 is 0 Å².